The number of carbonyl (C=O) groups excluding carboxylic acids is 9. The molecule has 4 aliphatic rings. The standard InChI is InChI=1S/C30H31BrN8O3.C28H26BrF2N7O3.C27H26FN7O4/c1-17(40)28-21-10-19(20-13-32-18(2)33-14-20)8-9-22(21)38(36-28)15-27(41)39-23(11-30(12-24(30)39)16-37(3)4)29(42)35-26-7-5-6-25(31)34-26;1-15-4-7-23(29)34-26(15)35-27(41)22-9-28(31,13-30)14-37(22)24(40)12-38-21-6-5-18(19-10-32-17(3)33-11-19)8-20(21)25(36-38)16(2)39;1-15(36)26-20-9-17(18-11-29-16(2)30-12-18)7-8-21(20)35(33-26)14-25(37)34-13-19(28)10-22(34)27(38)32-23-5-4-6-24(31-23)39-3/h5-10,13-14,23-24H,11-12,15-16H2,1-4H3,(H,34,35,42);4-8,10-11,22H,9,12-14H2,1-3H3,(H,34,35,41);4-9,11-12,19,22H,10,13-14H2,1-3H3,(H,31,32,38)/t23-,24-,30+;22-,28-;19-,22+/m001/s1. The highest BCUT2D eigenvalue weighted by Crippen LogP contribution is 2.60. The van der Waals surface area contributed by atoms with Crippen LogP contribution < -0.4 is 20.7 Å². The Morgan fingerprint density at radius 2 is 0.959 bits per heavy atom. The molecule has 32 nitrogen and oxygen atoms in total. The van der Waals surface area contributed by atoms with Crippen molar-refractivity contribution in [2.24, 2.45) is 5.41 Å². The first kappa shape index (κ1) is 85.5. The molecule has 0 radical (unpaired) electrons. The molecule has 16 rings (SSSR count). The van der Waals surface area contributed by atoms with Crippen molar-refractivity contribution in [2.45, 2.75) is 130 Å². The molecule has 37 heteroatoms. The minimum atomic E-state index is -2.38. The zero-order valence-corrected chi connectivity index (χ0v) is 71.1. The van der Waals surface area contributed by atoms with Gasteiger partial charge in [-0.2, -0.15) is 20.3 Å². The van der Waals surface area contributed by atoms with Crippen LogP contribution in [0.25, 0.3) is 66.1 Å². The van der Waals surface area contributed by atoms with Gasteiger partial charge in [0.2, 0.25) is 41.3 Å². The van der Waals surface area contributed by atoms with Crippen LogP contribution >= 0.6 is 31.9 Å². The molecule has 0 bridgehead atoms. The number of halogens is 5. The lowest BCUT2D eigenvalue weighted by Gasteiger charge is -2.27. The third kappa shape index (κ3) is 18.5. The number of pyridine rings is 3. The topological polar surface area (TPSA) is 381 Å². The van der Waals surface area contributed by atoms with Crippen molar-refractivity contribution >= 4 is 135 Å². The Labute approximate surface area is 713 Å². The Balaban J connectivity index is 0.000000150. The van der Waals surface area contributed by atoms with E-state index in [0.29, 0.717) is 83.1 Å². The van der Waals surface area contributed by atoms with E-state index >= 15 is 4.39 Å². The number of carbonyl (C=O) groups is 9. The predicted molar refractivity (Wildman–Crippen MR) is 451 cm³/mol. The Bertz CT molecular complexity index is 6140. The van der Waals surface area contributed by atoms with Crippen LogP contribution in [0, 0.1) is 33.1 Å². The number of nitrogens with zero attached hydrogens (tertiary/aromatic N) is 19. The van der Waals surface area contributed by atoms with Gasteiger partial charge in [-0.05, 0) is 169 Å². The molecular weight excluding hydrogens is 1710 g/mol. The number of hydrogen-bond donors (Lipinski definition) is 3. The third-order valence-electron chi connectivity index (χ3n) is 21.7. The van der Waals surface area contributed by atoms with Crippen LogP contribution in [0.5, 0.6) is 5.88 Å². The molecule has 3 aliphatic heterocycles. The summed E-state index contributed by atoms with van der Waals surface area (Å²) in [6.07, 6.45) is 9.62. The monoisotopic (exact) mass is 1790 g/mol. The van der Waals surface area contributed by atoms with Crippen molar-refractivity contribution in [3.63, 3.8) is 0 Å². The number of aryl methyl sites for hydroxylation is 4. The Kier molecular flexibility index (Phi) is 24.8. The molecule has 628 valence electrons. The van der Waals surface area contributed by atoms with E-state index in [1.54, 1.807) is 146 Å². The van der Waals surface area contributed by atoms with E-state index in [-0.39, 0.29) is 95.4 Å². The highest BCUT2D eigenvalue weighted by Gasteiger charge is 2.67. The number of amides is 6. The second-order valence-corrected chi connectivity index (χ2v) is 32.5. The second-order valence-electron chi connectivity index (χ2n) is 30.9. The van der Waals surface area contributed by atoms with Crippen LogP contribution in [0.15, 0.2) is 150 Å². The first-order chi connectivity index (χ1) is 58.2. The molecule has 3 N–H and O–H groups in total. The minimum absolute atomic E-state index is 0.0409. The van der Waals surface area contributed by atoms with Gasteiger partial charge in [0.15, 0.2) is 23.0 Å². The van der Waals surface area contributed by atoms with Crippen LogP contribution in [0.1, 0.15) is 101 Å². The summed E-state index contributed by atoms with van der Waals surface area (Å²) in [4.78, 5) is 162. The third-order valence-corrected chi connectivity index (χ3v) is 22.6. The number of hydrogen-bond acceptors (Lipinski definition) is 23. The zero-order chi connectivity index (χ0) is 86.9. The Hall–Kier alpha value is -12.9. The van der Waals surface area contributed by atoms with Gasteiger partial charge in [0.05, 0.1) is 36.7 Å². The molecule has 12 heterocycles. The fourth-order valence-corrected chi connectivity index (χ4v) is 16.4. The first-order valence-electron chi connectivity index (χ1n) is 38.8. The number of ketones is 3. The maximum atomic E-state index is 15.2. The number of aromatic nitrogens is 15. The Morgan fingerprint density at radius 3 is 1.42 bits per heavy atom. The van der Waals surface area contributed by atoms with Gasteiger partial charge in [-0.3, -0.25) is 57.2 Å². The molecular formula is C85H83Br2F3N22O10. The summed E-state index contributed by atoms with van der Waals surface area (Å²) in [7, 11) is 5.46. The Morgan fingerprint density at radius 1 is 0.516 bits per heavy atom. The van der Waals surface area contributed by atoms with E-state index < -0.39 is 79.8 Å². The molecule has 9 aromatic heterocycles. The number of benzene rings is 3. The summed E-state index contributed by atoms with van der Waals surface area (Å²) in [5.74, 6) is -0.504. The zero-order valence-electron chi connectivity index (χ0n) is 67.9. The van der Waals surface area contributed by atoms with Crippen LogP contribution in [-0.4, -0.2) is 230 Å². The molecule has 3 aromatic carbocycles. The molecule has 3 saturated heterocycles. The summed E-state index contributed by atoms with van der Waals surface area (Å²) in [6, 6.07) is 26.9. The van der Waals surface area contributed by atoms with Crippen molar-refractivity contribution in [2.75, 3.05) is 63.5 Å². The predicted octanol–water partition coefficient (Wildman–Crippen LogP) is 11.1. The van der Waals surface area contributed by atoms with E-state index in [0.717, 1.165) is 51.2 Å². The van der Waals surface area contributed by atoms with Gasteiger partial charge in [0.25, 0.3) is 0 Å². The maximum Gasteiger partial charge on any atom is 0.248 e. The lowest BCUT2D eigenvalue weighted by atomic mass is 9.98. The van der Waals surface area contributed by atoms with Crippen LogP contribution in [0.2, 0.25) is 0 Å². The smallest absolute Gasteiger partial charge is 0.248 e. The van der Waals surface area contributed by atoms with Crippen LogP contribution in [0.4, 0.5) is 30.6 Å². The van der Waals surface area contributed by atoms with Gasteiger partial charge in [-0.15, -0.1) is 0 Å². The van der Waals surface area contributed by atoms with E-state index in [1.807, 2.05) is 45.3 Å². The number of anilines is 3. The minimum Gasteiger partial charge on any atom is -0.481 e. The number of likely N-dealkylation sites (tertiary alicyclic amines) is 3. The number of alkyl halides is 3. The summed E-state index contributed by atoms with van der Waals surface area (Å²) in [6.45, 7) is 9.21. The molecule has 6 amide bonds. The van der Waals surface area contributed by atoms with Crippen molar-refractivity contribution < 1.29 is 61.1 Å². The number of rotatable bonds is 22. The van der Waals surface area contributed by atoms with Crippen molar-refractivity contribution in [1.29, 1.82) is 0 Å². The first-order valence-corrected chi connectivity index (χ1v) is 40.4. The summed E-state index contributed by atoms with van der Waals surface area (Å²) in [5, 5.41) is 23.2. The van der Waals surface area contributed by atoms with Gasteiger partial charge in [0.1, 0.15) is 112 Å². The normalized spacial score (nSPS) is 18.9. The summed E-state index contributed by atoms with van der Waals surface area (Å²) >= 11 is 6.59. The maximum absolute atomic E-state index is 15.2. The fourth-order valence-electron chi connectivity index (χ4n) is 15.7. The number of ether oxygens (including phenoxy) is 1. The molecule has 0 unspecified atom stereocenters. The summed E-state index contributed by atoms with van der Waals surface area (Å²) < 4.78 is 53.9. The van der Waals surface area contributed by atoms with Gasteiger partial charge >= 0.3 is 0 Å². The number of piperidine rings is 1. The average Bonchev–Trinajstić information content (AvgIpc) is 1.53. The summed E-state index contributed by atoms with van der Waals surface area (Å²) in [5.41, 5.74) is 5.23. The largest absolute Gasteiger partial charge is 0.481 e. The molecule has 0 spiro atoms. The number of Topliss-reactive ketones (excluding diaryl/α,β-unsaturated/α-hetero) is 3. The van der Waals surface area contributed by atoms with Gasteiger partial charge < -0.3 is 40.3 Å². The lowest BCUT2D eigenvalue weighted by Crippen LogP contribution is -2.46. The highest BCUT2D eigenvalue weighted by molar-refractivity contribution is 9.10. The number of fused-ring (bicyclic) bond motifs is 4. The van der Waals surface area contributed by atoms with E-state index in [9.17, 15) is 51.9 Å². The second kappa shape index (κ2) is 35.4. The molecule has 12 aromatic rings. The van der Waals surface area contributed by atoms with Gasteiger partial charge in [-0.1, -0.05) is 36.4 Å². The SMILES string of the molecule is CC(=O)c1nn(CC(=O)N2C[C@@](F)(CF)C[C@H]2C(=O)Nc2nc(Br)ccc2C)c2ccc(-c3cnc(C)nc3)cc12.CC(=O)c1nn(CC(=O)N2[C@H]3C[C@@]3(CN(C)C)C[C@H]2C(=O)Nc2cccc(Br)n2)c2ccc(-c3cnc(C)nc3)cc12.COc1cccc(NC(=O)[C@@H]2C[C@@H](F)CN2C(=O)Cn2nc(C(C)=O)c3cc(-c4cnc(C)nc4)ccc32)n1. The van der Waals surface area contributed by atoms with Gasteiger partial charge in [0, 0.05) is 128 Å². The quantitative estimate of drug-likeness (QED) is 0.0419. The lowest BCUT2D eigenvalue weighted by molar-refractivity contribution is -0.138. The molecule has 122 heavy (non-hydrogen) atoms. The molecule has 1 saturated carbocycles. The average molecular weight is 1790 g/mol. The van der Waals surface area contributed by atoms with Crippen molar-refractivity contribution in [3.8, 4) is 39.3 Å². The number of methoxy groups -OCH3 is 1. The van der Waals surface area contributed by atoms with E-state index in [2.05, 4.69) is 113 Å². The molecule has 4 fully saturated rings. The fraction of sp³-hybridized carbons (Fsp3) is 0.329. The van der Waals surface area contributed by atoms with Gasteiger partial charge in [-0.25, -0.2) is 53.0 Å². The highest BCUT2D eigenvalue weighted by atomic mass is 79.9. The van der Waals surface area contributed by atoms with E-state index in [4.69, 9.17) is 4.74 Å². The van der Waals surface area contributed by atoms with Crippen molar-refractivity contribution in [1.82, 2.24) is 93.8 Å². The molecule has 1 aliphatic carbocycles. The molecule has 7 atom stereocenters. The van der Waals surface area contributed by atoms with E-state index in [1.165, 1.54) is 42.1 Å². The van der Waals surface area contributed by atoms with Crippen LogP contribution in [-0.2, 0) is 48.4 Å². The van der Waals surface area contributed by atoms with Crippen molar-refractivity contribution in [3.05, 3.63) is 190 Å². The van der Waals surface area contributed by atoms with Crippen LogP contribution in [0.3, 0.4) is 0 Å². The number of nitrogens with one attached hydrogen (secondary N) is 3.